The Balaban J connectivity index is 1.69. The van der Waals surface area contributed by atoms with Crippen LogP contribution >= 0.6 is 11.3 Å². The Morgan fingerprint density at radius 1 is 1.17 bits per heavy atom. The van der Waals surface area contributed by atoms with Crippen molar-refractivity contribution in [3.63, 3.8) is 0 Å². The van der Waals surface area contributed by atoms with Crippen molar-refractivity contribution in [1.82, 2.24) is 10.4 Å². The van der Waals surface area contributed by atoms with E-state index in [-0.39, 0.29) is 12.0 Å². The number of methoxy groups -OCH3 is 1. The quantitative estimate of drug-likeness (QED) is 0.454. The number of thiazole rings is 1. The molecule has 1 aromatic heterocycles. The predicted molar refractivity (Wildman–Crippen MR) is 116 cm³/mol. The molecule has 1 heterocycles. The molecule has 0 unspecified atom stereocenters. The van der Waals surface area contributed by atoms with E-state index in [0.717, 1.165) is 21.0 Å². The maximum atomic E-state index is 12.5. The highest BCUT2D eigenvalue weighted by Gasteiger charge is 2.15. The average molecular weight is 410 g/mol. The highest BCUT2D eigenvalue weighted by molar-refractivity contribution is 7.15. The highest BCUT2D eigenvalue weighted by atomic mass is 32.1. The van der Waals surface area contributed by atoms with Crippen molar-refractivity contribution in [2.75, 3.05) is 7.11 Å². The molecule has 0 fully saturated rings. The van der Waals surface area contributed by atoms with Gasteiger partial charge in [0.1, 0.15) is 10.7 Å². The number of aromatic nitrogens is 1. The molecular weight excluding hydrogens is 386 g/mol. The summed E-state index contributed by atoms with van der Waals surface area (Å²) in [6, 6.07) is 15.2. The van der Waals surface area contributed by atoms with Gasteiger partial charge >= 0.3 is 0 Å². The summed E-state index contributed by atoms with van der Waals surface area (Å²) in [5, 5.41) is 4.86. The molecule has 2 aromatic carbocycles. The number of rotatable bonds is 7. The molecule has 0 atom stereocenters. The van der Waals surface area contributed by atoms with E-state index in [0.29, 0.717) is 17.2 Å². The summed E-state index contributed by atoms with van der Waals surface area (Å²) in [6.07, 6.45) is 1.60. The molecule has 3 rings (SSSR count). The molecule has 0 saturated heterocycles. The SMILES string of the molecule is COc1cc(/C=N\NC(=O)c2nc(-c3ccccc3)sc2C)ccc1OC(C)C. The largest absolute Gasteiger partial charge is 0.493 e. The Morgan fingerprint density at radius 3 is 2.62 bits per heavy atom. The molecule has 7 heteroatoms. The van der Waals surface area contributed by atoms with Crippen molar-refractivity contribution in [2.45, 2.75) is 26.9 Å². The van der Waals surface area contributed by atoms with Crippen molar-refractivity contribution >= 4 is 23.5 Å². The number of amides is 1. The number of nitrogens with one attached hydrogen (secondary N) is 1. The molecule has 0 spiro atoms. The maximum Gasteiger partial charge on any atom is 0.291 e. The standard InChI is InChI=1S/C22H23N3O3S/c1-14(2)28-18-11-10-16(12-19(18)27-4)13-23-25-21(26)20-15(3)29-22(24-20)17-8-6-5-7-9-17/h5-14H,1-4H3,(H,25,26)/b23-13-. The van der Waals surface area contributed by atoms with Crippen LogP contribution in [-0.4, -0.2) is 30.3 Å². The Kier molecular flexibility index (Phi) is 6.61. The second-order valence-corrected chi connectivity index (χ2v) is 7.77. The van der Waals surface area contributed by atoms with Gasteiger partial charge in [0.25, 0.3) is 5.91 Å². The molecule has 29 heavy (non-hydrogen) atoms. The predicted octanol–water partition coefficient (Wildman–Crippen LogP) is 4.68. The molecule has 1 N–H and O–H groups in total. The summed E-state index contributed by atoms with van der Waals surface area (Å²) in [5.74, 6) is 0.927. The van der Waals surface area contributed by atoms with E-state index in [1.165, 1.54) is 11.3 Å². The van der Waals surface area contributed by atoms with Gasteiger partial charge in [0.2, 0.25) is 0 Å². The first-order valence-electron chi connectivity index (χ1n) is 9.19. The summed E-state index contributed by atoms with van der Waals surface area (Å²) in [5.41, 5.74) is 4.68. The molecule has 150 valence electrons. The lowest BCUT2D eigenvalue weighted by Gasteiger charge is -2.13. The van der Waals surface area contributed by atoms with Gasteiger partial charge < -0.3 is 9.47 Å². The normalized spacial score (nSPS) is 11.1. The van der Waals surface area contributed by atoms with Crippen LogP contribution in [-0.2, 0) is 0 Å². The van der Waals surface area contributed by atoms with E-state index in [4.69, 9.17) is 9.47 Å². The zero-order chi connectivity index (χ0) is 20.8. The van der Waals surface area contributed by atoms with Crippen molar-refractivity contribution < 1.29 is 14.3 Å². The van der Waals surface area contributed by atoms with Gasteiger partial charge in [-0.05, 0) is 44.5 Å². The number of carbonyl (C=O) groups is 1. The molecule has 1 amide bonds. The number of hydrogen-bond donors (Lipinski definition) is 1. The van der Waals surface area contributed by atoms with Gasteiger partial charge in [-0.3, -0.25) is 4.79 Å². The first-order valence-corrected chi connectivity index (χ1v) is 10.0. The van der Waals surface area contributed by atoms with Gasteiger partial charge in [-0.1, -0.05) is 30.3 Å². The number of benzene rings is 2. The molecule has 0 aliphatic heterocycles. The number of ether oxygens (including phenoxy) is 2. The zero-order valence-electron chi connectivity index (χ0n) is 16.8. The fourth-order valence-electron chi connectivity index (χ4n) is 2.65. The lowest BCUT2D eigenvalue weighted by Crippen LogP contribution is -2.19. The highest BCUT2D eigenvalue weighted by Crippen LogP contribution is 2.29. The summed E-state index contributed by atoms with van der Waals surface area (Å²) in [4.78, 5) is 17.8. The Hall–Kier alpha value is -3.19. The number of hydrogen-bond acceptors (Lipinski definition) is 6. The van der Waals surface area contributed by atoms with E-state index in [9.17, 15) is 4.79 Å². The van der Waals surface area contributed by atoms with Crippen LogP contribution in [0.1, 0.15) is 34.8 Å². The van der Waals surface area contributed by atoms with Gasteiger partial charge in [0.15, 0.2) is 11.5 Å². The minimum absolute atomic E-state index is 0.0461. The van der Waals surface area contributed by atoms with Crippen molar-refractivity contribution in [3.8, 4) is 22.1 Å². The van der Waals surface area contributed by atoms with Crippen molar-refractivity contribution in [3.05, 3.63) is 64.7 Å². The Bertz CT molecular complexity index is 1010. The number of hydrazone groups is 1. The zero-order valence-corrected chi connectivity index (χ0v) is 17.6. The molecule has 0 bridgehead atoms. The Morgan fingerprint density at radius 2 is 1.93 bits per heavy atom. The van der Waals surface area contributed by atoms with Crippen LogP contribution in [0, 0.1) is 6.92 Å². The minimum atomic E-state index is -0.344. The van der Waals surface area contributed by atoms with Gasteiger partial charge in [0.05, 0.1) is 19.4 Å². The first kappa shape index (κ1) is 20.5. The van der Waals surface area contributed by atoms with Crippen LogP contribution in [0.15, 0.2) is 53.6 Å². The Labute approximate surface area is 174 Å². The van der Waals surface area contributed by atoms with E-state index in [2.05, 4.69) is 15.5 Å². The summed E-state index contributed by atoms with van der Waals surface area (Å²) >= 11 is 1.48. The summed E-state index contributed by atoms with van der Waals surface area (Å²) in [6.45, 7) is 5.78. The van der Waals surface area contributed by atoms with E-state index in [1.54, 1.807) is 19.4 Å². The molecule has 0 aliphatic carbocycles. The molecular formula is C22H23N3O3S. The average Bonchev–Trinajstić information content (AvgIpc) is 3.11. The minimum Gasteiger partial charge on any atom is -0.493 e. The number of carbonyl (C=O) groups excluding carboxylic acids is 1. The monoisotopic (exact) mass is 409 g/mol. The van der Waals surface area contributed by atoms with Gasteiger partial charge in [-0.25, -0.2) is 10.4 Å². The third kappa shape index (κ3) is 5.20. The molecule has 0 aliphatic rings. The lowest BCUT2D eigenvalue weighted by molar-refractivity contribution is 0.0950. The number of aryl methyl sites for hydroxylation is 1. The topological polar surface area (TPSA) is 72.8 Å². The molecule has 0 radical (unpaired) electrons. The fourth-order valence-corrected chi connectivity index (χ4v) is 3.56. The first-order chi connectivity index (χ1) is 14.0. The lowest BCUT2D eigenvalue weighted by atomic mass is 10.2. The van der Waals surface area contributed by atoms with E-state index < -0.39 is 0 Å². The van der Waals surface area contributed by atoms with Gasteiger partial charge in [0, 0.05) is 10.4 Å². The third-order valence-electron chi connectivity index (χ3n) is 3.96. The summed E-state index contributed by atoms with van der Waals surface area (Å²) in [7, 11) is 1.58. The second-order valence-electron chi connectivity index (χ2n) is 6.57. The van der Waals surface area contributed by atoms with Crippen molar-refractivity contribution in [2.24, 2.45) is 5.10 Å². The van der Waals surface area contributed by atoms with E-state index in [1.807, 2.05) is 63.2 Å². The van der Waals surface area contributed by atoms with Crippen LogP contribution in [0.4, 0.5) is 0 Å². The van der Waals surface area contributed by atoms with E-state index >= 15 is 0 Å². The second kappa shape index (κ2) is 9.34. The van der Waals surface area contributed by atoms with Crippen LogP contribution in [0.25, 0.3) is 10.6 Å². The van der Waals surface area contributed by atoms with Crippen LogP contribution in [0.5, 0.6) is 11.5 Å². The molecule has 0 saturated carbocycles. The molecule has 6 nitrogen and oxygen atoms in total. The molecule has 3 aromatic rings. The van der Waals surface area contributed by atoms with Crippen LogP contribution < -0.4 is 14.9 Å². The fraction of sp³-hybridized carbons (Fsp3) is 0.227. The maximum absolute atomic E-state index is 12.5. The van der Waals surface area contributed by atoms with Crippen LogP contribution in [0.2, 0.25) is 0 Å². The smallest absolute Gasteiger partial charge is 0.291 e. The van der Waals surface area contributed by atoms with Gasteiger partial charge in [-0.2, -0.15) is 5.10 Å². The number of nitrogens with zero attached hydrogens (tertiary/aromatic N) is 2. The third-order valence-corrected chi connectivity index (χ3v) is 4.98. The van der Waals surface area contributed by atoms with Crippen LogP contribution in [0.3, 0.4) is 0 Å². The van der Waals surface area contributed by atoms with Crippen molar-refractivity contribution in [1.29, 1.82) is 0 Å². The van der Waals surface area contributed by atoms with Gasteiger partial charge in [-0.15, -0.1) is 11.3 Å². The summed E-state index contributed by atoms with van der Waals surface area (Å²) < 4.78 is 11.1.